The predicted molar refractivity (Wildman–Crippen MR) is 78.8 cm³/mol. The molecule has 0 fully saturated rings. The third-order valence-electron chi connectivity index (χ3n) is 3.67. The lowest BCUT2D eigenvalue weighted by molar-refractivity contribution is 0.485. The van der Waals surface area contributed by atoms with Crippen molar-refractivity contribution >= 4 is 5.69 Å². The van der Waals surface area contributed by atoms with Crippen LogP contribution in [-0.4, -0.2) is 18.1 Å². The van der Waals surface area contributed by atoms with Crippen LogP contribution in [0, 0.1) is 12.8 Å². The molecule has 0 bridgehead atoms. The summed E-state index contributed by atoms with van der Waals surface area (Å²) in [5.41, 5.74) is 9.29. The number of hydrogen-bond acceptors (Lipinski definition) is 3. The van der Waals surface area contributed by atoms with E-state index in [-0.39, 0.29) is 0 Å². The third kappa shape index (κ3) is 3.70. The zero-order chi connectivity index (χ0) is 13.5. The van der Waals surface area contributed by atoms with Crippen LogP contribution in [0.15, 0.2) is 12.3 Å². The maximum absolute atomic E-state index is 5.82. The summed E-state index contributed by atoms with van der Waals surface area (Å²) in [4.78, 5) is 6.78. The van der Waals surface area contributed by atoms with E-state index in [1.54, 1.807) is 0 Å². The summed E-state index contributed by atoms with van der Waals surface area (Å²) in [6.45, 7) is 11.5. The minimum atomic E-state index is 0.558. The summed E-state index contributed by atoms with van der Waals surface area (Å²) in [5.74, 6) is 0.754. The predicted octanol–water partition coefficient (Wildman–Crippen LogP) is 3.11. The topological polar surface area (TPSA) is 42.2 Å². The van der Waals surface area contributed by atoms with Crippen LogP contribution in [0.2, 0.25) is 0 Å². The first-order chi connectivity index (χ1) is 8.65. The van der Waals surface area contributed by atoms with Gasteiger partial charge in [-0.2, -0.15) is 0 Å². The van der Waals surface area contributed by atoms with Crippen LogP contribution in [0.5, 0.6) is 0 Å². The van der Waals surface area contributed by atoms with Crippen LogP contribution < -0.4 is 10.6 Å². The highest BCUT2D eigenvalue weighted by Gasteiger charge is 2.14. The second kappa shape index (κ2) is 7.37. The molecule has 1 heterocycles. The molecule has 18 heavy (non-hydrogen) atoms. The highest BCUT2D eigenvalue weighted by molar-refractivity contribution is 5.53. The number of nitrogens with two attached hydrogens (primary N) is 1. The average molecular weight is 249 g/mol. The summed E-state index contributed by atoms with van der Waals surface area (Å²) in [6.07, 6.45) is 4.38. The van der Waals surface area contributed by atoms with Crippen molar-refractivity contribution < 1.29 is 0 Å². The van der Waals surface area contributed by atoms with Crippen molar-refractivity contribution in [2.45, 2.75) is 47.1 Å². The van der Waals surface area contributed by atoms with Crippen molar-refractivity contribution in [2.24, 2.45) is 11.7 Å². The summed E-state index contributed by atoms with van der Waals surface area (Å²) in [7, 11) is 0. The van der Waals surface area contributed by atoms with Crippen LogP contribution in [0.4, 0.5) is 5.69 Å². The molecule has 2 N–H and O–H groups in total. The van der Waals surface area contributed by atoms with E-state index >= 15 is 0 Å². The molecule has 1 aromatic rings. The molecule has 0 spiro atoms. The number of rotatable bonds is 7. The molecule has 0 unspecified atom stereocenters. The molecule has 0 saturated heterocycles. The van der Waals surface area contributed by atoms with Gasteiger partial charge in [-0.25, -0.2) is 0 Å². The van der Waals surface area contributed by atoms with E-state index in [0.29, 0.717) is 6.54 Å². The number of nitrogens with zero attached hydrogens (tertiary/aromatic N) is 2. The van der Waals surface area contributed by atoms with Crippen molar-refractivity contribution in [2.75, 3.05) is 18.0 Å². The van der Waals surface area contributed by atoms with Crippen molar-refractivity contribution in [1.29, 1.82) is 0 Å². The molecule has 0 saturated carbocycles. The standard InChI is InChI=1S/C15H27N3/c1-5-13(6-2)11-18(7-3)15-8-12(4)17-10-14(15)9-16/h8,10,13H,5-7,9,11,16H2,1-4H3. The fraction of sp³-hybridized carbons (Fsp3) is 0.667. The largest absolute Gasteiger partial charge is 0.371 e. The van der Waals surface area contributed by atoms with Gasteiger partial charge in [-0.15, -0.1) is 0 Å². The molecule has 3 heteroatoms. The highest BCUT2D eigenvalue weighted by atomic mass is 15.1. The second-order valence-corrected chi connectivity index (χ2v) is 4.88. The van der Waals surface area contributed by atoms with Gasteiger partial charge in [-0.1, -0.05) is 26.7 Å². The average Bonchev–Trinajstić information content (AvgIpc) is 2.40. The van der Waals surface area contributed by atoms with Gasteiger partial charge < -0.3 is 10.6 Å². The zero-order valence-corrected chi connectivity index (χ0v) is 12.2. The van der Waals surface area contributed by atoms with Gasteiger partial charge in [-0.3, -0.25) is 4.98 Å². The molecular formula is C15H27N3. The fourth-order valence-corrected chi connectivity index (χ4v) is 2.28. The van der Waals surface area contributed by atoms with Gasteiger partial charge in [0.1, 0.15) is 0 Å². The van der Waals surface area contributed by atoms with Gasteiger partial charge in [-0.05, 0) is 25.8 Å². The monoisotopic (exact) mass is 249 g/mol. The molecule has 102 valence electrons. The number of pyridine rings is 1. The Bertz CT molecular complexity index is 359. The Kier molecular flexibility index (Phi) is 6.13. The van der Waals surface area contributed by atoms with Gasteiger partial charge >= 0.3 is 0 Å². The first-order valence-electron chi connectivity index (χ1n) is 7.06. The maximum Gasteiger partial charge on any atom is 0.0445 e. The Morgan fingerprint density at radius 1 is 1.28 bits per heavy atom. The minimum Gasteiger partial charge on any atom is -0.371 e. The first kappa shape index (κ1) is 15.0. The molecule has 0 aliphatic heterocycles. The number of hydrogen-bond donors (Lipinski definition) is 1. The van der Waals surface area contributed by atoms with Gasteiger partial charge in [0, 0.05) is 42.8 Å². The van der Waals surface area contributed by atoms with E-state index in [9.17, 15) is 0 Å². The van der Waals surface area contributed by atoms with Crippen molar-refractivity contribution in [3.8, 4) is 0 Å². The molecule has 0 amide bonds. The van der Waals surface area contributed by atoms with E-state index < -0.39 is 0 Å². The fourth-order valence-electron chi connectivity index (χ4n) is 2.28. The lowest BCUT2D eigenvalue weighted by Gasteiger charge is -2.29. The summed E-state index contributed by atoms with van der Waals surface area (Å²) >= 11 is 0. The normalized spacial score (nSPS) is 11.0. The van der Waals surface area contributed by atoms with Crippen molar-refractivity contribution in [3.63, 3.8) is 0 Å². The molecular weight excluding hydrogens is 222 g/mol. The summed E-state index contributed by atoms with van der Waals surface area (Å²) in [5, 5.41) is 0. The van der Waals surface area contributed by atoms with E-state index in [0.717, 1.165) is 30.3 Å². The summed E-state index contributed by atoms with van der Waals surface area (Å²) in [6, 6.07) is 2.16. The van der Waals surface area contributed by atoms with Crippen LogP contribution in [0.25, 0.3) is 0 Å². The Labute approximate surface area is 111 Å². The Balaban J connectivity index is 2.96. The van der Waals surface area contributed by atoms with E-state index in [2.05, 4.69) is 36.7 Å². The Morgan fingerprint density at radius 2 is 1.94 bits per heavy atom. The van der Waals surface area contributed by atoms with Crippen LogP contribution in [-0.2, 0) is 6.54 Å². The lowest BCUT2D eigenvalue weighted by atomic mass is 10.0. The molecule has 0 atom stereocenters. The summed E-state index contributed by atoms with van der Waals surface area (Å²) < 4.78 is 0. The van der Waals surface area contributed by atoms with Crippen molar-refractivity contribution in [1.82, 2.24) is 4.98 Å². The lowest BCUT2D eigenvalue weighted by Crippen LogP contribution is -2.30. The zero-order valence-electron chi connectivity index (χ0n) is 12.2. The molecule has 0 aromatic carbocycles. The number of anilines is 1. The van der Waals surface area contributed by atoms with Crippen LogP contribution in [0.3, 0.4) is 0 Å². The van der Waals surface area contributed by atoms with E-state index in [4.69, 9.17) is 5.73 Å². The number of aryl methyl sites for hydroxylation is 1. The molecule has 1 aromatic heterocycles. The van der Waals surface area contributed by atoms with Gasteiger partial charge in [0.05, 0.1) is 0 Å². The van der Waals surface area contributed by atoms with Crippen molar-refractivity contribution in [3.05, 3.63) is 23.5 Å². The first-order valence-corrected chi connectivity index (χ1v) is 7.06. The second-order valence-electron chi connectivity index (χ2n) is 4.88. The van der Waals surface area contributed by atoms with E-state index in [1.165, 1.54) is 18.5 Å². The Hall–Kier alpha value is -1.09. The molecule has 0 aliphatic carbocycles. The van der Waals surface area contributed by atoms with Gasteiger partial charge in [0.2, 0.25) is 0 Å². The molecule has 0 radical (unpaired) electrons. The molecule has 0 aliphatic rings. The van der Waals surface area contributed by atoms with Crippen LogP contribution in [0.1, 0.15) is 44.9 Å². The van der Waals surface area contributed by atoms with Gasteiger partial charge in [0.25, 0.3) is 0 Å². The molecule has 3 nitrogen and oxygen atoms in total. The van der Waals surface area contributed by atoms with E-state index in [1.807, 2.05) is 13.1 Å². The smallest absolute Gasteiger partial charge is 0.0445 e. The SMILES string of the molecule is CCC(CC)CN(CC)c1cc(C)ncc1CN. The van der Waals surface area contributed by atoms with Crippen LogP contribution >= 0.6 is 0 Å². The highest BCUT2D eigenvalue weighted by Crippen LogP contribution is 2.23. The van der Waals surface area contributed by atoms with Gasteiger partial charge in [0.15, 0.2) is 0 Å². The minimum absolute atomic E-state index is 0.558. The molecule has 1 rings (SSSR count). The number of aromatic nitrogens is 1. The quantitative estimate of drug-likeness (QED) is 0.807. The maximum atomic E-state index is 5.82. The third-order valence-corrected chi connectivity index (χ3v) is 3.67. The Morgan fingerprint density at radius 3 is 2.44 bits per heavy atom.